The number of hydrogen-bond donors (Lipinski definition) is 3. The van der Waals surface area contributed by atoms with Gasteiger partial charge in [0.05, 0.1) is 11.9 Å². The molecule has 0 saturated carbocycles. The summed E-state index contributed by atoms with van der Waals surface area (Å²) < 4.78 is 5.81. The van der Waals surface area contributed by atoms with Crippen molar-refractivity contribution in [3.8, 4) is 0 Å². The molecule has 0 unspecified atom stereocenters. The third-order valence-electron chi connectivity index (χ3n) is 3.99. The molecule has 1 fully saturated rings. The van der Waals surface area contributed by atoms with Crippen LogP contribution in [0.15, 0.2) is 23.5 Å². The molecule has 2 heterocycles. The molecule has 0 amide bonds. The molecule has 2 rings (SSSR count). The number of nitrogens with one attached hydrogen (secondary N) is 2. The van der Waals surface area contributed by atoms with E-state index in [1.165, 1.54) is 37.7 Å². The van der Waals surface area contributed by atoms with E-state index < -0.39 is 0 Å². The summed E-state index contributed by atoms with van der Waals surface area (Å²) in [4.78, 5) is 0. The molecule has 0 radical (unpaired) electrons. The number of rotatable bonds is 8. The molecular formula is C16H29N3O. The van der Waals surface area contributed by atoms with Crippen LogP contribution >= 0.6 is 0 Å². The highest BCUT2D eigenvalue weighted by Gasteiger charge is 2.13. The zero-order valence-corrected chi connectivity index (χ0v) is 12.5. The molecule has 114 valence electrons. The third kappa shape index (κ3) is 5.55. The zero-order valence-electron chi connectivity index (χ0n) is 12.5. The summed E-state index contributed by atoms with van der Waals surface area (Å²) in [6.45, 7) is 4.08. The molecule has 1 saturated heterocycles. The Morgan fingerprint density at radius 1 is 1.25 bits per heavy atom. The summed E-state index contributed by atoms with van der Waals surface area (Å²) in [5.74, 6) is 0.867. The molecule has 4 nitrogen and oxygen atoms in total. The van der Waals surface area contributed by atoms with Crippen molar-refractivity contribution in [3.05, 3.63) is 23.5 Å². The van der Waals surface area contributed by atoms with Crippen LogP contribution in [0.3, 0.4) is 0 Å². The Bertz CT molecular complexity index is 333. The fraction of sp³-hybridized carbons (Fsp3) is 0.750. The van der Waals surface area contributed by atoms with Crippen LogP contribution in [0.2, 0.25) is 0 Å². The lowest BCUT2D eigenvalue weighted by Crippen LogP contribution is -2.26. The normalized spacial score (nSPS) is 23.5. The first-order chi connectivity index (χ1) is 9.86. The quantitative estimate of drug-likeness (QED) is 0.595. The van der Waals surface area contributed by atoms with Crippen molar-refractivity contribution in [2.24, 2.45) is 5.73 Å². The van der Waals surface area contributed by atoms with Gasteiger partial charge in [-0.25, -0.2) is 0 Å². The average Bonchev–Trinajstić information content (AvgIpc) is 2.97. The Labute approximate surface area is 122 Å². The molecular weight excluding hydrogens is 250 g/mol. The van der Waals surface area contributed by atoms with E-state index in [0.717, 1.165) is 44.9 Å². The predicted molar refractivity (Wildman–Crippen MR) is 83.3 cm³/mol. The van der Waals surface area contributed by atoms with Crippen molar-refractivity contribution in [1.29, 1.82) is 0 Å². The van der Waals surface area contributed by atoms with Gasteiger partial charge >= 0.3 is 0 Å². The molecule has 0 aromatic carbocycles. The third-order valence-corrected chi connectivity index (χ3v) is 3.99. The number of allylic oxidation sites excluding steroid dienone is 3. The maximum Gasteiger partial charge on any atom is 0.0992 e. The minimum Gasteiger partial charge on any atom is -0.385 e. The van der Waals surface area contributed by atoms with Crippen LogP contribution in [0.4, 0.5) is 0 Å². The zero-order chi connectivity index (χ0) is 14.0. The molecule has 4 N–H and O–H groups in total. The maximum atomic E-state index is 5.91. The predicted octanol–water partition coefficient (Wildman–Crippen LogP) is 2.04. The van der Waals surface area contributed by atoms with E-state index in [4.69, 9.17) is 10.5 Å². The first-order valence-corrected chi connectivity index (χ1v) is 8.07. The maximum absolute atomic E-state index is 5.91. The van der Waals surface area contributed by atoms with Crippen LogP contribution in [-0.4, -0.2) is 32.3 Å². The second-order valence-electron chi connectivity index (χ2n) is 5.71. The van der Waals surface area contributed by atoms with Crippen LogP contribution in [0, 0.1) is 0 Å². The topological polar surface area (TPSA) is 59.3 Å². The van der Waals surface area contributed by atoms with Gasteiger partial charge in [0.25, 0.3) is 0 Å². The lowest BCUT2D eigenvalue weighted by Gasteiger charge is -2.16. The summed E-state index contributed by atoms with van der Waals surface area (Å²) in [7, 11) is 0. The Balaban J connectivity index is 1.46. The second kappa shape index (κ2) is 9.03. The molecule has 2 aliphatic rings. The van der Waals surface area contributed by atoms with Gasteiger partial charge in [-0.2, -0.15) is 0 Å². The lowest BCUT2D eigenvalue weighted by molar-refractivity contribution is 0.0643. The molecule has 4 heteroatoms. The van der Waals surface area contributed by atoms with Gasteiger partial charge in [0.1, 0.15) is 0 Å². The van der Waals surface area contributed by atoms with Gasteiger partial charge in [-0.05, 0) is 50.6 Å². The molecule has 2 aliphatic heterocycles. The Morgan fingerprint density at radius 3 is 3.00 bits per heavy atom. The van der Waals surface area contributed by atoms with E-state index in [-0.39, 0.29) is 0 Å². The average molecular weight is 279 g/mol. The van der Waals surface area contributed by atoms with E-state index in [0.29, 0.717) is 6.10 Å². The van der Waals surface area contributed by atoms with Crippen LogP contribution in [-0.2, 0) is 4.74 Å². The molecule has 0 aliphatic carbocycles. The largest absolute Gasteiger partial charge is 0.385 e. The minimum absolute atomic E-state index is 0.462. The number of unbranched alkanes of at least 4 members (excludes halogenated alkanes) is 3. The van der Waals surface area contributed by atoms with Crippen LogP contribution in [0.5, 0.6) is 0 Å². The van der Waals surface area contributed by atoms with Crippen molar-refractivity contribution < 1.29 is 4.74 Å². The van der Waals surface area contributed by atoms with Crippen molar-refractivity contribution in [2.75, 3.05) is 26.2 Å². The molecule has 1 atom stereocenters. The van der Waals surface area contributed by atoms with E-state index in [1.807, 2.05) is 0 Å². The highest BCUT2D eigenvalue weighted by Crippen LogP contribution is 2.13. The van der Waals surface area contributed by atoms with Crippen molar-refractivity contribution in [3.63, 3.8) is 0 Å². The van der Waals surface area contributed by atoms with Crippen LogP contribution in [0.1, 0.15) is 44.9 Å². The highest BCUT2D eigenvalue weighted by atomic mass is 16.5. The number of nitrogens with two attached hydrogens (primary N) is 1. The first kappa shape index (κ1) is 15.4. The number of hydrogen-bond acceptors (Lipinski definition) is 4. The summed E-state index contributed by atoms with van der Waals surface area (Å²) >= 11 is 0. The van der Waals surface area contributed by atoms with E-state index >= 15 is 0 Å². The second-order valence-corrected chi connectivity index (χ2v) is 5.71. The van der Waals surface area contributed by atoms with E-state index in [2.05, 4.69) is 22.8 Å². The van der Waals surface area contributed by atoms with Crippen molar-refractivity contribution >= 4 is 0 Å². The molecule has 0 spiro atoms. The Morgan fingerprint density at radius 2 is 2.20 bits per heavy atom. The number of ether oxygens (including phenoxy) is 1. The van der Waals surface area contributed by atoms with E-state index in [9.17, 15) is 0 Å². The van der Waals surface area contributed by atoms with Gasteiger partial charge in [0.2, 0.25) is 0 Å². The van der Waals surface area contributed by atoms with Gasteiger partial charge in [0, 0.05) is 19.7 Å². The standard InChI is InChI=1S/C16H29N3O/c17-16-14(8-6-10-19-16)7-4-2-1-3-5-12-20-15-9-11-18-13-15/h4,7,15,18-19H,1-3,5-6,8-13,17H2/b7-4-/t15-/m1/s1. The molecule has 0 aromatic heterocycles. The van der Waals surface area contributed by atoms with Gasteiger partial charge in [-0.15, -0.1) is 0 Å². The monoisotopic (exact) mass is 279 g/mol. The SMILES string of the molecule is NC1=C(/C=C\CCCCCO[C@@H]2CCNC2)CCCN1. The lowest BCUT2D eigenvalue weighted by atomic mass is 10.1. The van der Waals surface area contributed by atoms with Gasteiger partial charge < -0.3 is 21.1 Å². The fourth-order valence-electron chi connectivity index (χ4n) is 2.71. The van der Waals surface area contributed by atoms with Crippen LogP contribution < -0.4 is 16.4 Å². The van der Waals surface area contributed by atoms with Crippen molar-refractivity contribution in [1.82, 2.24) is 10.6 Å². The first-order valence-electron chi connectivity index (χ1n) is 8.07. The Hall–Kier alpha value is -1.00. The highest BCUT2D eigenvalue weighted by molar-refractivity contribution is 5.24. The summed E-state index contributed by atoms with van der Waals surface area (Å²) in [5.41, 5.74) is 7.19. The van der Waals surface area contributed by atoms with E-state index in [1.54, 1.807) is 0 Å². The summed E-state index contributed by atoms with van der Waals surface area (Å²) in [6.07, 6.45) is 13.2. The molecule has 0 bridgehead atoms. The Kier molecular flexibility index (Phi) is 6.95. The summed E-state index contributed by atoms with van der Waals surface area (Å²) in [5, 5.41) is 6.53. The van der Waals surface area contributed by atoms with Gasteiger partial charge in [0.15, 0.2) is 0 Å². The van der Waals surface area contributed by atoms with Crippen molar-refractivity contribution in [2.45, 2.75) is 51.0 Å². The fourth-order valence-corrected chi connectivity index (χ4v) is 2.71. The van der Waals surface area contributed by atoms with Crippen LogP contribution in [0.25, 0.3) is 0 Å². The molecule has 20 heavy (non-hydrogen) atoms. The smallest absolute Gasteiger partial charge is 0.0992 e. The van der Waals surface area contributed by atoms with Gasteiger partial charge in [-0.1, -0.05) is 18.6 Å². The summed E-state index contributed by atoms with van der Waals surface area (Å²) in [6, 6.07) is 0. The minimum atomic E-state index is 0.462. The molecule has 0 aromatic rings. The van der Waals surface area contributed by atoms with Gasteiger partial charge in [-0.3, -0.25) is 0 Å².